The first-order chi connectivity index (χ1) is 16.2. The predicted octanol–water partition coefficient (Wildman–Crippen LogP) is 3.20. The molecular formula is C23H27F3N6O2. The second-order valence-corrected chi connectivity index (χ2v) is 9.17. The average molecular weight is 477 g/mol. The molecule has 0 radical (unpaired) electrons. The van der Waals surface area contributed by atoms with Gasteiger partial charge in [-0.2, -0.15) is 13.2 Å². The van der Waals surface area contributed by atoms with Crippen LogP contribution in [-0.2, 0) is 17.4 Å². The van der Waals surface area contributed by atoms with E-state index >= 15 is 0 Å². The number of hydrogen-bond donors (Lipinski definition) is 2. The minimum Gasteiger partial charge on any atom is -0.366 e. The number of nitrogens with zero attached hydrogens (tertiary/aromatic N) is 4. The number of amides is 1. The number of halogens is 3. The minimum absolute atomic E-state index is 0.00993. The van der Waals surface area contributed by atoms with Crippen LogP contribution in [0.4, 0.5) is 18.9 Å². The zero-order chi connectivity index (χ0) is 24.0. The number of aromatic nitrogens is 3. The Morgan fingerprint density at radius 2 is 2.06 bits per heavy atom. The van der Waals surface area contributed by atoms with Crippen molar-refractivity contribution in [3.63, 3.8) is 0 Å². The lowest BCUT2D eigenvalue weighted by Crippen LogP contribution is -2.41. The number of nitrogens with one attached hydrogen (secondary N) is 2. The third-order valence-corrected chi connectivity index (χ3v) is 6.77. The molecule has 2 unspecified atom stereocenters. The third-order valence-electron chi connectivity index (χ3n) is 6.77. The quantitative estimate of drug-likeness (QED) is 0.588. The fraction of sp³-hybridized carbons (Fsp3) is 0.522. The first-order valence-electron chi connectivity index (χ1n) is 11.4. The molecule has 34 heavy (non-hydrogen) atoms. The Morgan fingerprint density at radius 1 is 1.24 bits per heavy atom. The maximum absolute atomic E-state index is 13.2. The van der Waals surface area contributed by atoms with Crippen LogP contribution in [-0.4, -0.2) is 64.2 Å². The van der Waals surface area contributed by atoms with Gasteiger partial charge in [0.25, 0.3) is 0 Å². The maximum atomic E-state index is 13.2. The Labute approximate surface area is 194 Å². The fourth-order valence-electron chi connectivity index (χ4n) is 5.24. The van der Waals surface area contributed by atoms with Crippen LogP contribution in [0.5, 0.6) is 0 Å². The number of imidazole rings is 1. The lowest BCUT2D eigenvalue weighted by Gasteiger charge is -2.25. The van der Waals surface area contributed by atoms with Gasteiger partial charge in [-0.25, -0.2) is 4.98 Å². The molecule has 2 atom stereocenters. The van der Waals surface area contributed by atoms with Crippen molar-refractivity contribution >= 4 is 22.6 Å². The molecule has 2 fully saturated rings. The molecule has 4 heterocycles. The Bertz CT molecular complexity index is 1180. The summed E-state index contributed by atoms with van der Waals surface area (Å²) in [5.74, 6) is 0.811. The van der Waals surface area contributed by atoms with Crippen LogP contribution in [0.25, 0.3) is 11.0 Å². The number of rotatable bonds is 5. The molecule has 2 saturated heterocycles. The molecule has 2 aliphatic heterocycles. The number of alkyl halides is 3. The number of fused-ring (bicyclic) bond motifs is 1. The number of H-pyrrole nitrogens is 1. The highest BCUT2D eigenvalue weighted by Gasteiger charge is 2.36. The third kappa shape index (κ3) is 4.36. The van der Waals surface area contributed by atoms with Gasteiger partial charge in [-0.15, -0.1) is 0 Å². The first-order valence-corrected chi connectivity index (χ1v) is 11.4. The van der Waals surface area contributed by atoms with Crippen LogP contribution < -0.4 is 10.2 Å². The maximum Gasteiger partial charge on any atom is 0.418 e. The van der Waals surface area contributed by atoms with Gasteiger partial charge >= 0.3 is 6.18 Å². The second kappa shape index (κ2) is 8.61. The van der Waals surface area contributed by atoms with E-state index in [4.69, 9.17) is 4.52 Å². The summed E-state index contributed by atoms with van der Waals surface area (Å²) in [6.07, 6.45) is -2.72. The van der Waals surface area contributed by atoms with E-state index in [1.54, 1.807) is 0 Å². The molecule has 0 aliphatic carbocycles. The monoisotopic (exact) mass is 476 g/mol. The average Bonchev–Trinajstić information content (AvgIpc) is 3.53. The topological polar surface area (TPSA) is 90.3 Å². The molecule has 2 N–H and O–H groups in total. The summed E-state index contributed by atoms with van der Waals surface area (Å²) in [6, 6.07) is 4.26. The molecule has 3 aromatic rings. The van der Waals surface area contributed by atoms with Gasteiger partial charge in [-0.3, -0.25) is 9.69 Å². The summed E-state index contributed by atoms with van der Waals surface area (Å²) in [5.41, 5.74) is 1.29. The fourth-order valence-corrected chi connectivity index (χ4v) is 5.24. The van der Waals surface area contributed by atoms with Gasteiger partial charge in [0, 0.05) is 38.3 Å². The van der Waals surface area contributed by atoms with Gasteiger partial charge in [0.15, 0.2) is 5.76 Å². The van der Waals surface area contributed by atoms with Crippen molar-refractivity contribution in [3.05, 3.63) is 41.0 Å². The van der Waals surface area contributed by atoms with Crippen LogP contribution in [0.15, 0.2) is 22.7 Å². The summed E-state index contributed by atoms with van der Waals surface area (Å²) in [5, 5.41) is 7.08. The molecular weight excluding hydrogens is 449 g/mol. The summed E-state index contributed by atoms with van der Waals surface area (Å²) in [6.45, 7) is 7.36. The lowest BCUT2D eigenvalue weighted by molar-refractivity contribution is -0.136. The van der Waals surface area contributed by atoms with Crippen molar-refractivity contribution in [1.29, 1.82) is 0 Å². The van der Waals surface area contributed by atoms with E-state index in [0.717, 1.165) is 62.2 Å². The van der Waals surface area contributed by atoms with Crippen molar-refractivity contribution in [2.75, 3.05) is 31.1 Å². The number of aryl methyl sites for hydroxylation is 2. The molecule has 2 aromatic heterocycles. The molecule has 0 spiro atoms. The summed E-state index contributed by atoms with van der Waals surface area (Å²) < 4.78 is 45.0. The van der Waals surface area contributed by atoms with E-state index in [0.29, 0.717) is 6.04 Å². The SMILES string of the molecule is Cc1noc(C)c1N1CCC(N2CCC(NC(=O)Cc3nc4c(C(F)(F)F)cccc4[nH]3)C2)C1. The molecule has 0 saturated carbocycles. The zero-order valence-electron chi connectivity index (χ0n) is 19.1. The van der Waals surface area contributed by atoms with E-state index in [9.17, 15) is 18.0 Å². The largest absolute Gasteiger partial charge is 0.418 e. The number of para-hydroxylation sites is 1. The van der Waals surface area contributed by atoms with Crippen LogP contribution in [0, 0.1) is 13.8 Å². The highest BCUT2D eigenvalue weighted by atomic mass is 19.4. The van der Waals surface area contributed by atoms with E-state index < -0.39 is 11.7 Å². The van der Waals surface area contributed by atoms with Crippen LogP contribution in [0.2, 0.25) is 0 Å². The summed E-state index contributed by atoms with van der Waals surface area (Å²) >= 11 is 0. The van der Waals surface area contributed by atoms with E-state index in [1.165, 1.54) is 12.1 Å². The van der Waals surface area contributed by atoms with Gasteiger partial charge in [0.2, 0.25) is 5.91 Å². The van der Waals surface area contributed by atoms with Crippen LogP contribution in [0.3, 0.4) is 0 Å². The number of hydrogen-bond acceptors (Lipinski definition) is 6. The van der Waals surface area contributed by atoms with Crippen LogP contribution in [0.1, 0.15) is 35.7 Å². The normalized spacial score (nSPS) is 21.6. The number of carbonyl (C=O) groups excluding carboxylic acids is 1. The Morgan fingerprint density at radius 3 is 2.79 bits per heavy atom. The molecule has 182 valence electrons. The van der Waals surface area contributed by atoms with Gasteiger partial charge in [-0.1, -0.05) is 11.2 Å². The minimum atomic E-state index is -4.50. The summed E-state index contributed by atoms with van der Waals surface area (Å²) in [7, 11) is 0. The molecule has 1 aromatic carbocycles. The van der Waals surface area contributed by atoms with Crippen molar-refractivity contribution in [3.8, 4) is 0 Å². The van der Waals surface area contributed by atoms with E-state index in [1.807, 2.05) is 13.8 Å². The van der Waals surface area contributed by atoms with Gasteiger partial charge in [0.1, 0.15) is 22.7 Å². The van der Waals surface area contributed by atoms with Crippen molar-refractivity contribution in [1.82, 2.24) is 25.3 Å². The number of likely N-dealkylation sites (tertiary alicyclic amines) is 1. The molecule has 11 heteroatoms. The lowest BCUT2D eigenvalue weighted by atomic mass is 10.2. The highest BCUT2D eigenvalue weighted by molar-refractivity contribution is 5.82. The summed E-state index contributed by atoms with van der Waals surface area (Å²) in [4.78, 5) is 24.2. The van der Waals surface area contributed by atoms with Crippen molar-refractivity contribution in [2.45, 2.75) is 51.4 Å². The number of carbonyl (C=O) groups is 1. The van der Waals surface area contributed by atoms with Gasteiger partial charge < -0.3 is 19.7 Å². The Kier molecular flexibility index (Phi) is 5.75. The van der Waals surface area contributed by atoms with E-state index in [2.05, 4.69) is 30.2 Å². The van der Waals surface area contributed by atoms with E-state index in [-0.39, 0.29) is 35.2 Å². The molecule has 1 amide bonds. The number of benzene rings is 1. The highest BCUT2D eigenvalue weighted by Crippen LogP contribution is 2.34. The molecule has 5 rings (SSSR count). The van der Waals surface area contributed by atoms with Gasteiger partial charge in [0.05, 0.1) is 17.5 Å². The van der Waals surface area contributed by atoms with Crippen molar-refractivity contribution in [2.24, 2.45) is 0 Å². The Balaban J connectivity index is 1.16. The first kappa shape index (κ1) is 22.7. The molecule has 2 aliphatic rings. The van der Waals surface area contributed by atoms with Gasteiger partial charge in [-0.05, 0) is 38.8 Å². The zero-order valence-corrected chi connectivity index (χ0v) is 19.1. The van der Waals surface area contributed by atoms with Crippen molar-refractivity contribution < 1.29 is 22.5 Å². The molecule has 0 bridgehead atoms. The Hall–Kier alpha value is -3.08. The number of anilines is 1. The van der Waals surface area contributed by atoms with Crippen LogP contribution >= 0.6 is 0 Å². The standard InChI is InChI=1S/C23H27F3N6O2/c1-13-22(14(2)34-30-13)32-9-7-16(12-32)31-8-6-15(11-31)27-20(33)10-19-28-18-5-3-4-17(21(18)29-19)23(24,25)26/h3-5,15-16H,6-12H2,1-2H3,(H,27,33)(H,28,29). The predicted molar refractivity (Wildman–Crippen MR) is 120 cm³/mol. The smallest absolute Gasteiger partial charge is 0.366 e. The number of aromatic amines is 1. The molecule has 8 nitrogen and oxygen atoms in total. The second-order valence-electron chi connectivity index (χ2n) is 9.17.